The third-order valence-electron chi connectivity index (χ3n) is 0.820. The Morgan fingerprint density at radius 2 is 2.40 bits per heavy atom. The second-order valence-corrected chi connectivity index (χ2v) is 1.43. The van der Waals surface area contributed by atoms with Crippen LogP contribution in [0.25, 0.3) is 0 Å². The van der Waals surface area contributed by atoms with Crippen molar-refractivity contribution in [1.82, 2.24) is 5.27 Å². The zero-order chi connectivity index (χ0) is 7.72. The minimum absolute atomic E-state index is 0.259. The SMILES string of the molecule is O=C(O)c1c(=O)o[nH][n+]1[O-]. The van der Waals surface area contributed by atoms with Crippen LogP contribution in [0, 0.1) is 5.21 Å². The molecule has 0 fully saturated rings. The molecule has 7 heteroatoms. The van der Waals surface area contributed by atoms with Crippen LogP contribution in [0.4, 0.5) is 0 Å². The molecule has 1 rings (SSSR count). The molecule has 0 unspecified atom stereocenters. The van der Waals surface area contributed by atoms with E-state index in [1.54, 1.807) is 0 Å². The van der Waals surface area contributed by atoms with Crippen LogP contribution in [0.3, 0.4) is 0 Å². The summed E-state index contributed by atoms with van der Waals surface area (Å²) in [5, 5.41) is 19.9. The Labute approximate surface area is 53.0 Å². The Bertz CT molecular complexity index is 309. The predicted molar refractivity (Wildman–Crippen MR) is 25.2 cm³/mol. The number of aromatic carboxylic acids is 1. The molecule has 0 aromatic carbocycles. The van der Waals surface area contributed by atoms with E-state index in [1.165, 1.54) is 5.27 Å². The van der Waals surface area contributed by atoms with Crippen molar-refractivity contribution in [2.75, 3.05) is 0 Å². The molecular formula is C3H2N2O5. The third-order valence-corrected chi connectivity index (χ3v) is 0.820. The van der Waals surface area contributed by atoms with Gasteiger partial charge in [0.25, 0.3) is 0 Å². The molecule has 1 aromatic heterocycles. The van der Waals surface area contributed by atoms with Gasteiger partial charge in [-0.05, 0) is 10.1 Å². The Morgan fingerprint density at radius 3 is 2.60 bits per heavy atom. The minimum atomic E-state index is -1.62. The molecule has 1 heterocycles. The van der Waals surface area contributed by atoms with Gasteiger partial charge in [-0.15, -0.1) is 0 Å². The summed E-state index contributed by atoms with van der Waals surface area (Å²) in [6, 6.07) is 0. The van der Waals surface area contributed by atoms with E-state index < -0.39 is 17.3 Å². The van der Waals surface area contributed by atoms with E-state index in [9.17, 15) is 14.8 Å². The van der Waals surface area contributed by atoms with Crippen LogP contribution in [-0.2, 0) is 0 Å². The second-order valence-electron chi connectivity index (χ2n) is 1.43. The number of carboxylic acid groups (broad SMARTS) is 1. The van der Waals surface area contributed by atoms with E-state index in [2.05, 4.69) is 4.52 Å². The zero-order valence-corrected chi connectivity index (χ0v) is 4.53. The van der Waals surface area contributed by atoms with Crippen LogP contribution in [0.1, 0.15) is 10.5 Å². The highest BCUT2D eigenvalue weighted by atomic mass is 16.6. The van der Waals surface area contributed by atoms with E-state index in [0.717, 1.165) is 0 Å². The lowest BCUT2D eigenvalue weighted by Gasteiger charge is -1.83. The molecular weight excluding hydrogens is 144 g/mol. The minimum Gasteiger partial charge on any atom is -0.593 e. The number of rotatable bonds is 1. The maximum Gasteiger partial charge on any atom is 0.443 e. The Morgan fingerprint density at radius 1 is 1.80 bits per heavy atom. The molecule has 0 atom stereocenters. The van der Waals surface area contributed by atoms with Crippen molar-refractivity contribution in [3.63, 3.8) is 0 Å². The molecule has 0 saturated heterocycles. The van der Waals surface area contributed by atoms with Gasteiger partial charge in [-0.1, -0.05) is 0 Å². The topological polar surface area (TPSA) is 110 Å². The van der Waals surface area contributed by atoms with Crippen molar-refractivity contribution in [3.05, 3.63) is 21.3 Å². The number of hydrogen-bond acceptors (Lipinski definition) is 4. The van der Waals surface area contributed by atoms with Gasteiger partial charge in [0.15, 0.2) is 0 Å². The molecule has 0 bridgehead atoms. The molecule has 0 aliphatic heterocycles. The smallest absolute Gasteiger partial charge is 0.443 e. The predicted octanol–water partition coefficient (Wildman–Crippen LogP) is -1.70. The third kappa shape index (κ3) is 0.729. The van der Waals surface area contributed by atoms with Crippen LogP contribution in [-0.4, -0.2) is 16.3 Å². The lowest BCUT2D eigenvalue weighted by atomic mass is 10.5. The van der Waals surface area contributed by atoms with Crippen LogP contribution < -0.4 is 10.5 Å². The van der Waals surface area contributed by atoms with Crippen LogP contribution in [0.5, 0.6) is 0 Å². The number of hydrogen-bond donors (Lipinski definition) is 2. The van der Waals surface area contributed by atoms with Crippen molar-refractivity contribution >= 4 is 5.97 Å². The molecule has 0 radical (unpaired) electrons. The molecule has 2 N–H and O–H groups in total. The van der Waals surface area contributed by atoms with Crippen LogP contribution >= 0.6 is 0 Å². The van der Waals surface area contributed by atoms with Crippen molar-refractivity contribution in [2.24, 2.45) is 0 Å². The highest BCUT2D eigenvalue weighted by Gasteiger charge is 2.24. The number of carbonyl (C=O) groups is 1. The molecule has 0 amide bonds. The van der Waals surface area contributed by atoms with Gasteiger partial charge in [0.05, 0.1) is 0 Å². The van der Waals surface area contributed by atoms with E-state index in [0.29, 0.717) is 0 Å². The first kappa shape index (κ1) is 6.33. The van der Waals surface area contributed by atoms with Crippen molar-refractivity contribution < 1.29 is 19.3 Å². The van der Waals surface area contributed by atoms with Gasteiger partial charge in [-0.3, -0.25) is 4.52 Å². The fourth-order valence-corrected chi connectivity index (χ4v) is 0.434. The summed E-state index contributed by atoms with van der Waals surface area (Å²) in [4.78, 5) is 20.0. The standard InChI is InChI=1S/C3H2N2O5/c6-2(7)1-3(8)10-4-5(1)9/h4H,(H,6,7). The van der Waals surface area contributed by atoms with Gasteiger partial charge in [-0.25, -0.2) is 9.59 Å². The van der Waals surface area contributed by atoms with Gasteiger partial charge >= 0.3 is 17.3 Å². The number of aromatic nitrogens is 2. The fraction of sp³-hybridized carbons (Fsp3) is 0. The monoisotopic (exact) mass is 146 g/mol. The largest absolute Gasteiger partial charge is 0.593 e. The summed E-state index contributed by atoms with van der Waals surface area (Å²) in [7, 11) is 0. The van der Waals surface area contributed by atoms with Crippen molar-refractivity contribution in [2.45, 2.75) is 0 Å². The molecule has 0 saturated carbocycles. The van der Waals surface area contributed by atoms with Gasteiger partial charge in [0.2, 0.25) is 0 Å². The molecule has 0 aliphatic carbocycles. The summed E-state index contributed by atoms with van der Waals surface area (Å²) in [6.07, 6.45) is 0. The highest BCUT2D eigenvalue weighted by Crippen LogP contribution is 1.77. The molecule has 7 nitrogen and oxygen atoms in total. The average Bonchev–Trinajstić information content (AvgIpc) is 2.11. The number of nitrogens with one attached hydrogen (secondary N) is 1. The quantitative estimate of drug-likeness (QED) is 0.362. The zero-order valence-electron chi connectivity index (χ0n) is 4.53. The maximum absolute atomic E-state index is 10.3. The van der Waals surface area contributed by atoms with E-state index in [-0.39, 0.29) is 4.85 Å². The first-order valence-corrected chi connectivity index (χ1v) is 2.17. The van der Waals surface area contributed by atoms with Gasteiger partial charge in [-0.2, -0.15) is 0 Å². The Kier molecular flexibility index (Phi) is 1.18. The van der Waals surface area contributed by atoms with Crippen LogP contribution in [0.15, 0.2) is 9.32 Å². The maximum atomic E-state index is 10.3. The summed E-state index contributed by atoms with van der Waals surface area (Å²) in [6.45, 7) is 0. The van der Waals surface area contributed by atoms with E-state index in [4.69, 9.17) is 5.11 Å². The summed E-state index contributed by atoms with van der Waals surface area (Å²) >= 11 is 0. The Balaban J connectivity index is 3.37. The average molecular weight is 146 g/mol. The fourth-order valence-electron chi connectivity index (χ4n) is 0.434. The van der Waals surface area contributed by atoms with E-state index >= 15 is 0 Å². The lowest BCUT2D eigenvalue weighted by Crippen LogP contribution is -2.37. The van der Waals surface area contributed by atoms with Gasteiger partial charge < -0.3 is 10.3 Å². The van der Waals surface area contributed by atoms with Crippen molar-refractivity contribution in [1.29, 1.82) is 0 Å². The van der Waals surface area contributed by atoms with Crippen molar-refractivity contribution in [3.8, 4) is 0 Å². The molecule has 0 aliphatic rings. The summed E-state index contributed by atoms with van der Waals surface area (Å²) in [5.74, 6) is -1.62. The van der Waals surface area contributed by atoms with Gasteiger partial charge in [0.1, 0.15) is 0 Å². The Hall–Kier alpha value is -1.79. The molecule has 1 aromatic rings. The first-order valence-electron chi connectivity index (χ1n) is 2.17. The van der Waals surface area contributed by atoms with Gasteiger partial charge in [0, 0.05) is 0 Å². The normalized spacial score (nSPS) is 9.60. The summed E-state index contributed by atoms with van der Waals surface area (Å²) < 4.78 is 3.85. The highest BCUT2D eigenvalue weighted by molar-refractivity contribution is 5.82. The lowest BCUT2D eigenvalue weighted by molar-refractivity contribution is -0.681. The first-order chi connectivity index (χ1) is 4.63. The number of H-pyrrole nitrogens is 1. The second kappa shape index (κ2) is 1.87. The number of carboxylic acids is 1. The van der Waals surface area contributed by atoms with Crippen LogP contribution in [0.2, 0.25) is 0 Å². The van der Waals surface area contributed by atoms with E-state index in [1.807, 2.05) is 0 Å². The molecule has 0 spiro atoms. The number of nitrogens with zero attached hydrogens (tertiary/aromatic N) is 1. The molecule has 54 valence electrons. The summed E-state index contributed by atoms with van der Waals surface area (Å²) in [5.41, 5.74) is -2.16. The number of aromatic amines is 1. The molecule has 10 heavy (non-hydrogen) atoms.